The highest BCUT2D eigenvalue weighted by Gasteiger charge is 2.33. The molecule has 1 aliphatic heterocycles. The molecular formula is C13H22N4O3S3. The summed E-state index contributed by atoms with van der Waals surface area (Å²) in [7, 11) is -2.99. The number of hydrogen-bond acceptors (Lipinski definition) is 8. The van der Waals surface area contributed by atoms with E-state index in [9.17, 15) is 13.2 Å². The van der Waals surface area contributed by atoms with Crippen LogP contribution in [0.5, 0.6) is 0 Å². The van der Waals surface area contributed by atoms with Crippen molar-refractivity contribution >= 4 is 44.0 Å². The minimum absolute atomic E-state index is 0.0480. The first-order valence-electron chi connectivity index (χ1n) is 7.53. The van der Waals surface area contributed by atoms with E-state index in [2.05, 4.69) is 15.5 Å². The Kier molecular flexibility index (Phi) is 6.26. The van der Waals surface area contributed by atoms with Crippen LogP contribution in [0.25, 0.3) is 0 Å². The van der Waals surface area contributed by atoms with Gasteiger partial charge in [-0.25, -0.2) is 8.42 Å². The van der Waals surface area contributed by atoms with Crippen molar-refractivity contribution in [1.82, 2.24) is 15.1 Å². The van der Waals surface area contributed by atoms with Crippen molar-refractivity contribution in [3.05, 3.63) is 0 Å². The van der Waals surface area contributed by atoms with Gasteiger partial charge in [-0.2, -0.15) is 0 Å². The van der Waals surface area contributed by atoms with E-state index in [0.717, 1.165) is 9.47 Å². The molecule has 2 heterocycles. The van der Waals surface area contributed by atoms with Crippen LogP contribution >= 0.6 is 23.1 Å². The van der Waals surface area contributed by atoms with Crippen LogP contribution in [-0.4, -0.2) is 65.3 Å². The van der Waals surface area contributed by atoms with Gasteiger partial charge in [0, 0.05) is 18.6 Å². The molecule has 1 N–H and O–H groups in total. The molecule has 1 fully saturated rings. The molecule has 0 saturated carbocycles. The van der Waals surface area contributed by atoms with Crippen molar-refractivity contribution in [2.45, 2.75) is 43.6 Å². The highest BCUT2D eigenvalue weighted by atomic mass is 32.2. The minimum Gasteiger partial charge on any atom is -0.358 e. The first-order chi connectivity index (χ1) is 10.8. The molecule has 1 unspecified atom stereocenters. The van der Waals surface area contributed by atoms with Crippen LogP contribution in [0.2, 0.25) is 0 Å². The molecule has 1 aliphatic rings. The highest BCUT2D eigenvalue weighted by Crippen LogP contribution is 2.27. The number of amides is 1. The maximum Gasteiger partial charge on any atom is 0.233 e. The molecule has 130 valence electrons. The lowest BCUT2D eigenvalue weighted by Crippen LogP contribution is -2.41. The molecule has 1 aromatic heterocycles. The maximum absolute atomic E-state index is 12.4. The van der Waals surface area contributed by atoms with Gasteiger partial charge in [-0.1, -0.05) is 23.1 Å². The molecule has 10 heteroatoms. The van der Waals surface area contributed by atoms with Gasteiger partial charge >= 0.3 is 0 Å². The first-order valence-corrected chi connectivity index (χ1v) is 11.2. The number of aromatic nitrogens is 2. The smallest absolute Gasteiger partial charge is 0.233 e. The van der Waals surface area contributed by atoms with Crippen LogP contribution in [0.4, 0.5) is 5.13 Å². The predicted octanol–water partition coefficient (Wildman–Crippen LogP) is 1.49. The van der Waals surface area contributed by atoms with Gasteiger partial charge in [0.25, 0.3) is 0 Å². The third kappa shape index (κ3) is 5.32. The van der Waals surface area contributed by atoms with E-state index in [4.69, 9.17) is 0 Å². The van der Waals surface area contributed by atoms with Crippen molar-refractivity contribution in [1.29, 1.82) is 0 Å². The Labute approximate surface area is 145 Å². The highest BCUT2D eigenvalue weighted by molar-refractivity contribution is 8.01. The van der Waals surface area contributed by atoms with Crippen LogP contribution in [0.3, 0.4) is 0 Å². The Morgan fingerprint density at radius 1 is 1.48 bits per heavy atom. The minimum atomic E-state index is -2.99. The summed E-state index contributed by atoms with van der Waals surface area (Å²) in [5.41, 5.74) is 0. The third-order valence-corrected chi connectivity index (χ3v) is 7.17. The zero-order valence-corrected chi connectivity index (χ0v) is 15.9. The number of hydrogen-bond donors (Lipinski definition) is 1. The number of sulfone groups is 1. The molecule has 1 atom stereocenters. The Morgan fingerprint density at radius 2 is 2.22 bits per heavy atom. The lowest BCUT2D eigenvalue weighted by Gasteiger charge is -2.26. The Morgan fingerprint density at radius 3 is 2.78 bits per heavy atom. The average molecular weight is 379 g/mol. The van der Waals surface area contributed by atoms with Gasteiger partial charge in [0.2, 0.25) is 11.0 Å². The number of nitrogens with one attached hydrogen (secondary N) is 1. The topological polar surface area (TPSA) is 92.3 Å². The van der Waals surface area contributed by atoms with Crippen molar-refractivity contribution in [2.75, 3.05) is 29.1 Å². The van der Waals surface area contributed by atoms with Gasteiger partial charge in [0.1, 0.15) is 0 Å². The molecule has 1 amide bonds. The number of thioether (sulfide) groups is 1. The van der Waals surface area contributed by atoms with Gasteiger partial charge in [-0.15, -0.1) is 10.2 Å². The molecule has 0 aliphatic carbocycles. The van der Waals surface area contributed by atoms with Gasteiger partial charge in [0.05, 0.1) is 17.3 Å². The lowest BCUT2D eigenvalue weighted by atomic mass is 10.2. The molecule has 2 rings (SSSR count). The molecule has 0 radical (unpaired) electrons. The fraction of sp³-hybridized carbons (Fsp3) is 0.769. The zero-order valence-electron chi connectivity index (χ0n) is 13.5. The van der Waals surface area contributed by atoms with Gasteiger partial charge in [-0.05, 0) is 27.2 Å². The van der Waals surface area contributed by atoms with Gasteiger partial charge in [-0.3, -0.25) is 4.79 Å². The summed E-state index contributed by atoms with van der Waals surface area (Å²) in [6.07, 6.45) is 0.536. The fourth-order valence-corrected chi connectivity index (χ4v) is 5.95. The summed E-state index contributed by atoms with van der Waals surface area (Å²) in [6.45, 7) is 6.44. The maximum atomic E-state index is 12.4. The summed E-state index contributed by atoms with van der Waals surface area (Å²) >= 11 is 2.76. The second kappa shape index (κ2) is 7.80. The van der Waals surface area contributed by atoms with E-state index in [1.54, 1.807) is 4.90 Å². The number of carbonyl (C=O) groups excluding carboxylic acids is 1. The number of carbonyl (C=O) groups is 1. The Hall–Kier alpha value is -0.870. The summed E-state index contributed by atoms with van der Waals surface area (Å²) in [5.74, 6) is 0.460. The van der Waals surface area contributed by atoms with Crippen molar-refractivity contribution < 1.29 is 13.2 Å². The van der Waals surface area contributed by atoms with E-state index in [1.165, 1.54) is 23.1 Å². The number of anilines is 1. The van der Waals surface area contributed by atoms with E-state index in [0.29, 0.717) is 13.0 Å². The molecule has 23 heavy (non-hydrogen) atoms. The normalized spacial score (nSPS) is 19.9. The Balaban J connectivity index is 1.89. The van der Waals surface area contributed by atoms with Crippen LogP contribution in [0, 0.1) is 0 Å². The van der Waals surface area contributed by atoms with E-state index < -0.39 is 9.84 Å². The Bertz CT molecular complexity index is 645. The monoisotopic (exact) mass is 378 g/mol. The third-order valence-electron chi connectivity index (χ3n) is 3.45. The molecule has 0 aromatic carbocycles. The quantitative estimate of drug-likeness (QED) is 0.719. The van der Waals surface area contributed by atoms with E-state index in [-0.39, 0.29) is 35.2 Å². The van der Waals surface area contributed by atoms with Crippen LogP contribution < -0.4 is 5.32 Å². The molecule has 0 spiro atoms. The average Bonchev–Trinajstić information content (AvgIpc) is 3.03. The standard InChI is InChI=1S/C13H22N4O3S3/c1-4-17(10-5-6-23(19,20)8-10)11(18)7-21-13-16-15-12(22-13)14-9(2)3/h9-10H,4-8H2,1-3H3,(H,14,15). The largest absolute Gasteiger partial charge is 0.358 e. The summed E-state index contributed by atoms with van der Waals surface area (Å²) in [5, 5.41) is 12.0. The van der Waals surface area contributed by atoms with Crippen LogP contribution in [0.15, 0.2) is 4.34 Å². The van der Waals surface area contributed by atoms with E-state index in [1.807, 2.05) is 20.8 Å². The van der Waals surface area contributed by atoms with Crippen LogP contribution in [-0.2, 0) is 14.6 Å². The van der Waals surface area contributed by atoms with Gasteiger partial charge < -0.3 is 10.2 Å². The summed E-state index contributed by atoms with van der Waals surface area (Å²) in [6, 6.07) is 0.0908. The molecule has 1 saturated heterocycles. The van der Waals surface area contributed by atoms with Gasteiger partial charge in [0.15, 0.2) is 14.2 Å². The first kappa shape index (κ1) is 18.5. The predicted molar refractivity (Wildman–Crippen MR) is 93.8 cm³/mol. The SMILES string of the molecule is CCN(C(=O)CSc1nnc(NC(C)C)s1)C1CCS(=O)(=O)C1. The van der Waals surface area contributed by atoms with E-state index >= 15 is 0 Å². The number of rotatable bonds is 7. The second-order valence-electron chi connectivity index (χ2n) is 5.70. The molecule has 1 aromatic rings. The molecule has 0 bridgehead atoms. The van der Waals surface area contributed by atoms with Crippen molar-refractivity contribution in [2.24, 2.45) is 0 Å². The lowest BCUT2D eigenvalue weighted by molar-refractivity contribution is -0.129. The summed E-state index contributed by atoms with van der Waals surface area (Å²) < 4.78 is 23.9. The number of nitrogens with zero attached hydrogens (tertiary/aromatic N) is 3. The molecule has 7 nitrogen and oxygen atoms in total. The molecular weight excluding hydrogens is 356 g/mol. The fourth-order valence-electron chi connectivity index (χ4n) is 2.44. The summed E-state index contributed by atoms with van der Waals surface area (Å²) in [4.78, 5) is 14.1. The second-order valence-corrected chi connectivity index (χ2v) is 10.1. The van der Waals surface area contributed by atoms with Crippen LogP contribution in [0.1, 0.15) is 27.2 Å². The van der Waals surface area contributed by atoms with Crippen molar-refractivity contribution in [3.63, 3.8) is 0 Å². The zero-order chi connectivity index (χ0) is 17.0. The van der Waals surface area contributed by atoms with Crippen molar-refractivity contribution in [3.8, 4) is 0 Å².